The number of fused-ring (bicyclic) bond motifs is 1. The lowest BCUT2D eigenvalue weighted by Crippen LogP contribution is -1.92. The first-order chi connectivity index (χ1) is 7.84. The molecule has 2 heterocycles. The molecule has 0 spiro atoms. The minimum absolute atomic E-state index is 0.918. The summed E-state index contributed by atoms with van der Waals surface area (Å²) in [6.07, 6.45) is 3.77. The van der Waals surface area contributed by atoms with Crippen LogP contribution in [0.2, 0.25) is 0 Å². The second-order valence-corrected chi connectivity index (χ2v) is 3.77. The summed E-state index contributed by atoms with van der Waals surface area (Å²) in [7, 11) is 0. The molecule has 0 saturated carbocycles. The van der Waals surface area contributed by atoms with Crippen molar-refractivity contribution in [3.63, 3.8) is 0 Å². The summed E-state index contributed by atoms with van der Waals surface area (Å²) < 4.78 is 1.79. The van der Waals surface area contributed by atoms with E-state index in [1.165, 1.54) is 0 Å². The minimum atomic E-state index is 0.918. The summed E-state index contributed by atoms with van der Waals surface area (Å²) in [6, 6.07) is 12.1. The van der Waals surface area contributed by atoms with Gasteiger partial charge in [0.25, 0.3) is 0 Å². The smallest absolute Gasteiger partial charge is 0.158 e. The maximum Gasteiger partial charge on any atom is 0.158 e. The van der Waals surface area contributed by atoms with Crippen LogP contribution in [-0.2, 0) is 0 Å². The number of aromatic nitrogens is 3. The van der Waals surface area contributed by atoms with E-state index in [0.717, 1.165) is 22.5 Å². The molecule has 3 aromatic rings. The van der Waals surface area contributed by atoms with Gasteiger partial charge in [-0.3, -0.25) is 0 Å². The molecule has 3 nitrogen and oxygen atoms in total. The lowest BCUT2D eigenvalue weighted by Gasteiger charge is -2.01. The molecule has 0 amide bonds. The Morgan fingerprint density at radius 1 is 1.06 bits per heavy atom. The summed E-state index contributed by atoms with van der Waals surface area (Å²) in [4.78, 5) is 4.61. The van der Waals surface area contributed by atoms with Crippen LogP contribution in [0.5, 0.6) is 0 Å². The first-order valence-corrected chi connectivity index (χ1v) is 5.21. The zero-order chi connectivity index (χ0) is 11.0. The van der Waals surface area contributed by atoms with Crippen LogP contribution >= 0.6 is 0 Å². The molecule has 0 radical (unpaired) electrons. The van der Waals surface area contributed by atoms with Crippen molar-refractivity contribution in [2.24, 2.45) is 0 Å². The maximum atomic E-state index is 4.61. The average molecular weight is 209 g/mol. The Morgan fingerprint density at radius 3 is 2.69 bits per heavy atom. The second-order valence-electron chi connectivity index (χ2n) is 3.77. The van der Waals surface area contributed by atoms with E-state index in [9.17, 15) is 0 Å². The van der Waals surface area contributed by atoms with E-state index in [1.54, 1.807) is 4.52 Å². The highest BCUT2D eigenvalue weighted by Gasteiger charge is 2.03. The molecular weight excluding hydrogens is 198 g/mol. The zero-order valence-corrected chi connectivity index (χ0v) is 8.96. The summed E-state index contributed by atoms with van der Waals surface area (Å²) >= 11 is 0. The van der Waals surface area contributed by atoms with Gasteiger partial charge < -0.3 is 0 Å². The molecule has 0 fully saturated rings. The Labute approximate surface area is 93.4 Å². The molecule has 0 aliphatic heterocycles. The first-order valence-electron chi connectivity index (χ1n) is 5.21. The molecule has 3 heteroatoms. The van der Waals surface area contributed by atoms with Gasteiger partial charge >= 0.3 is 0 Å². The molecular formula is C13H11N3. The summed E-state index contributed by atoms with van der Waals surface area (Å²) in [5.74, 6) is 0. The van der Waals surface area contributed by atoms with Gasteiger partial charge in [-0.15, -0.1) is 0 Å². The molecule has 0 saturated heterocycles. The Kier molecular flexibility index (Phi) is 1.96. The Hall–Kier alpha value is -2.16. The summed E-state index contributed by atoms with van der Waals surface area (Å²) in [5.41, 5.74) is 4.13. The number of benzene rings is 1. The van der Waals surface area contributed by atoms with E-state index in [2.05, 4.69) is 22.2 Å². The molecule has 78 valence electrons. The van der Waals surface area contributed by atoms with E-state index in [-0.39, 0.29) is 0 Å². The normalized spacial score (nSPS) is 10.8. The van der Waals surface area contributed by atoms with Gasteiger partial charge in [0.15, 0.2) is 5.65 Å². The van der Waals surface area contributed by atoms with Gasteiger partial charge in [-0.25, -0.2) is 9.50 Å². The quantitative estimate of drug-likeness (QED) is 0.616. The van der Waals surface area contributed by atoms with Crippen molar-refractivity contribution in [3.05, 3.63) is 54.4 Å². The van der Waals surface area contributed by atoms with Crippen LogP contribution in [0.3, 0.4) is 0 Å². The summed E-state index contributed by atoms with van der Waals surface area (Å²) in [6.45, 7) is 2.02. The van der Waals surface area contributed by atoms with Crippen LogP contribution in [0.1, 0.15) is 5.56 Å². The lowest BCUT2D eigenvalue weighted by molar-refractivity contribution is 0.941. The van der Waals surface area contributed by atoms with E-state index >= 15 is 0 Å². The summed E-state index contributed by atoms with van der Waals surface area (Å²) in [5, 5.41) is 4.21. The molecule has 0 atom stereocenters. The number of nitrogens with zero attached hydrogens (tertiary/aromatic N) is 3. The molecule has 0 aliphatic carbocycles. The number of rotatable bonds is 1. The van der Waals surface area contributed by atoms with Crippen LogP contribution in [0.4, 0.5) is 0 Å². The molecule has 2 aromatic heterocycles. The maximum absolute atomic E-state index is 4.61. The Balaban J connectivity index is 2.22. The van der Waals surface area contributed by atoms with Crippen LogP contribution in [0, 0.1) is 6.92 Å². The van der Waals surface area contributed by atoms with Crippen molar-refractivity contribution in [1.29, 1.82) is 0 Å². The average Bonchev–Trinajstić information content (AvgIpc) is 2.72. The zero-order valence-electron chi connectivity index (χ0n) is 8.96. The van der Waals surface area contributed by atoms with Gasteiger partial charge in [0.2, 0.25) is 0 Å². The number of hydrogen-bond acceptors (Lipinski definition) is 2. The highest BCUT2D eigenvalue weighted by molar-refractivity contribution is 5.62. The number of hydrogen-bond donors (Lipinski definition) is 0. The monoisotopic (exact) mass is 209 g/mol. The van der Waals surface area contributed by atoms with Crippen molar-refractivity contribution < 1.29 is 0 Å². The van der Waals surface area contributed by atoms with E-state index < -0.39 is 0 Å². The van der Waals surface area contributed by atoms with Crippen LogP contribution in [0.25, 0.3) is 16.9 Å². The second kappa shape index (κ2) is 3.45. The van der Waals surface area contributed by atoms with Crippen molar-refractivity contribution in [3.8, 4) is 11.3 Å². The van der Waals surface area contributed by atoms with Crippen LogP contribution < -0.4 is 0 Å². The van der Waals surface area contributed by atoms with E-state index in [1.807, 2.05) is 43.6 Å². The Bertz CT molecular complexity index is 626. The van der Waals surface area contributed by atoms with Crippen molar-refractivity contribution in [2.75, 3.05) is 0 Å². The first kappa shape index (κ1) is 9.09. The fourth-order valence-electron chi connectivity index (χ4n) is 1.75. The van der Waals surface area contributed by atoms with Gasteiger partial charge in [0.05, 0.1) is 11.9 Å². The molecule has 0 unspecified atom stereocenters. The molecule has 0 bridgehead atoms. The highest BCUT2D eigenvalue weighted by Crippen LogP contribution is 2.17. The van der Waals surface area contributed by atoms with Crippen molar-refractivity contribution >= 4 is 5.65 Å². The third-order valence-corrected chi connectivity index (χ3v) is 2.62. The largest absolute Gasteiger partial charge is 0.228 e. The Morgan fingerprint density at radius 2 is 1.88 bits per heavy atom. The van der Waals surface area contributed by atoms with Gasteiger partial charge in [-0.05, 0) is 13.0 Å². The van der Waals surface area contributed by atoms with Crippen LogP contribution in [0.15, 0.2) is 48.8 Å². The molecule has 3 rings (SSSR count). The predicted molar refractivity (Wildman–Crippen MR) is 63.2 cm³/mol. The molecule has 0 N–H and O–H groups in total. The molecule has 0 aliphatic rings. The predicted octanol–water partition coefficient (Wildman–Crippen LogP) is 2.70. The third kappa shape index (κ3) is 1.37. The molecule has 1 aromatic carbocycles. The van der Waals surface area contributed by atoms with E-state index in [4.69, 9.17) is 0 Å². The standard InChI is InChI=1S/C13H11N3/c1-10-9-14-16-8-7-12(15-13(10)16)11-5-3-2-4-6-11/h2-9H,1H3. The van der Waals surface area contributed by atoms with E-state index in [0.29, 0.717) is 0 Å². The van der Waals surface area contributed by atoms with Gasteiger partial charge in [0.1, 0.15) is 0 Å². The fraction of sp³-hybridized carbons (Fsp3) is 0.0769. The number of aryl methyl sites for hydroxylation is 1. The van der Waals surface area contributed by atoms with Crippen molar-refractivity contribution in [1.82, 2.24) is 14.6 Å². The lowest BCUT2D eigenvalue weighted by atomic mass is 10.1. The SMILES string of the molecule is Cc1cnn2ccc(-c3ccccc3)nc12. The van der Waals surface area contributed by atoms with Gasteiger partial charge in [-0.2, -0.15) is 5.10 Å². The fourth-order valence-corrected chi connectivity index (χ4v) is 1.75. The molecule has 16 heavy (non-hydrogen) atoms. The van der Waals surface area contributed by atoms with Crippen molar-refractivity contribution in [2.45, 2.75) is 6.92 Å². The van der Waals surface area contributed by atoms with Crippen LogP contribution in [-0.4, -0.2) is 14.6 Å². The van der Waals surface area contributed by atoms with Gasteiger partial charge in [-0.1, -0.05) is 30.3 Å². The minimum Gasteiger partial charge on any atom is -0.228 e. The highest BCUT2D eigenvalue weighted by atomic mass is 15.2. The van der Waals surface area contributed by atoms with Gasteiger partial charge in [0, 0.05) is 17.3 Å². The third-order valence-electron chi connectivity index (χ3n) is 2.62. The topological polar surface area (TPSA) is 30.2 Å².